The van der Waals surface area contributed by atoms with E-state index in [1.807, 2.05) is 36.4 Å². The summed E-state index contributed by atoms with van der Waals surface area (Å²) in [5, 5.41) is 10.6. The van der Waals surface area contributed by atoms with Crippen molar-refractivity contribution in [2.24, 2.45) is 5.73 Å². The Morgan fingerprint density at radius 1 is 1.06 bits per heavy atom. The molecule has 4 N–H and O–H groups in total. The number of amidine groups is 1. The van der Waals surface area contributed by atoms with Crippen molar-refractivity contribution in [1.82, 2.24) is 0 Å². The fourth-order valence-electron chi connectivity index (χ4n) is 1.57. The van der Waals surface area contributed by atoms with Crippen molar-refractivity contribution >= 4 is 27.5 Å². The number of hydrogen-bond donors (Lipinski definition) is 3. The molecule has 3 nitrogen and oxygen atoms in total. The van der Waals surface area contributed by atoms with Gasteiger partial charge in [0, 0.05) is 22.3 Å². The van der Waals surface area contributed by atoms with Crippen LogP contribution < -0.4 is 11.1 Å². The number of nitrogens with one attached hydrogen (secondary N) is 2. The van der Waals surface area contributed by atoms with Gasteiger partial charge in [0.15, 0.2) is 0 Å². The number of benzene rings is 2. The predicted molar refractivity (Wildman–Crippen MR) is 78.9 cm³/mol. The van der Waals surface area contributed by atoms with Crippen LogP contribution in [0.3, 0.4) is 0 Å². The van der Waals surface area contributed by atoms with Crippen LogP contribution in [-0.2, 0) is 6.54 Å². The summed E-state index contributed by atoms with van der Waals surface area (Å²) in [6.45, 7) is 0.771. The minimum absolute atomic E-state index is 0.0921. The lowest BCUT2D eigenvalue weighted by Crippen LogP contribution is -2.10. The van der Waals surface area contributed by atoms with Crippen molar-refractivity contribution in [2.75, 3.05) is 5.32 Å². The Bertz CT molecular complexity index is 532. The van der Waals surface area contributed by atoms with Crippen LogP contribution in [0.4, 0.5) is 5.69 Å². The second-order valence-corrected chi connectivity index (χ2v) is 4.89. The van der Waals surface area contributed by atoms with Crippen molar-refractivity contribution < 1.29 is 0 Å². The Labute approximate surface area is 115 Å². The minimum atomic E-state index is 0.0921. The lowest BCUT2D eigenvalue weighted by Gasteiger charge is -2.07. The van der Waals surface area contributed by atoms with Gasteiger partial charge in [0.25, 0.3) is 0 Å². The molecule has 0 radical (unpaired) electrons. The molecule has 0 aliphatic rings. The van der Waals surface area contributed by atoms with E-state index < -0.39 is 0 Å². The van der Waals surface area contributed by atoms with Gasteiger partial charge in [-0.15, -0.1) is 0 Å². The van der Waals surface area contributed by atoms with Gasteiger partial charge in [-0.2, -0.15) is 0 Å². The average Bonchev–Trinajstić information content (AvgIpc) is 2.38. The van der Waals surface area contributed by atoms with Crippen molar-refractivity contribution in [3.05, 3.63) is 64.1 Å². The van der Waals surface area contributed by atoms with Gasteiger partial charge >= 0.3 is 0 Å². The molecule has 2 aromatic carbocycles. The summed E-state index contributed by atoms with van der Waals surface area (Å²) in [5.74, 6) is 0.0921. The number of anilines is 1. The number of halogens is 1. The van der Waals surface area contributed by atoms with Crippen molar-refractivity contribution in [3.63, 3.8) is 0 Å². The van der Waals surface area contributed by atoms with E-state index in [9.17, 15) is 0 Å². The van der Waals surface area contributed by atoms with Crippen molar-refractivity contribution in [3.8, 4) is 0 Å². The molecular formula is C14H14BrN3. The lowest BCUT2D eigenvalue weighted by molar-refractivity contribution is 1.15. The van der Waals surface area contributed by atoms with E-state index >= 15 is 0 Å². The molecule has 92 valence electrons. The second kappa shape index (κ2) is 5.69. The molecule has 0 unspecified atom stereocenters. The van der Waals surface area contributed by atoms with Crippen LogP contribution in [0.1, 0.15) is 11.1 Å². The number of rotatable bonds is 4. The summed E-state index contributed by atoms with van der Waals surface area (Å²) in [5.41, 5.74) is 8.37. The van der Waals surface area contributed by atoms with Gasteiger partial charge in [-0.1, -0.05) is 28.1 Å². The van der Waals surface area contributed by atoms with Crippen molar-refractivity contribution in [1.29, 1.82) is 5.41 Å². The molecule has 2 aromatic rings. The lowest BCUT2D eigenvalue weighted by atomic mass is 10.2. The summed E-state index contributed by atoms with van der Waals surface area (Å²) in [7, 11) is 0. The van der Waals surface area contributed by atoms with Crippen LogP contribution in [0.2, 0.25) is 0 Å². The molecule has 18 heavy (non-hydrogen) atoms. The monoisotopic (exact) mass is 303 g/mol. The molecular weight excluding hydrogens is 290 g/mol. The largest absolute Gasteiger partial charge is 0.384 e. The molecule has 0 aliphatic heterocycles. The molecule has 0 fully saturated rings. The highest BCUT2D eigenvalue weighted by molar-refractivity contribution is 9.10. The van der Waals surface area contributed by atoms with Crippen LogP contribution in [0.15, 0.2) is 53.0 Å². The van der Waals surface area contributed by atoms with Crippen molar-refractivity contribution in [2.45, 2.75) is 6.54 Å². The van der Waals surface area contributed by atoms with E-state index in [1.54, 1.807) is 0 Å². The van der Waals surface area contributed by atoms with Gasteiger partial charge in [0.1, 0.15) is 5.84 Å². The van der Waals surface area contributed by atoms with Crippen LogP contribution >= 0.6 is 15.9 Å². The van der Waals surface area contributed by atoms with E-state index in [2.05, 4.69) is 33.4 Å². The first-order valence-electron chi connectivity index (χ1n) is 5.58. The molecule has 4 heteroatoms. The van der Waals surface area contributed by atoms with E-state index in [0.29, 0.717) is 0 Å². The van der Waals surface area contributed by atoms with E-state index in [4.69, 9.17) is 11.1 Å². The maximum Gasteiger partial charge on any atom is 0.122 e. The molecule has 0 atom stereocenters. The van der Waals surface area contributed by atoms with Gasteiger partial charge in [0.2, 0.25) is 0 Å². The summed E-state index contributed by atoms with van der Waals surface area (Å²) in [6, 6.07) is 15.7. The zero-order chi connectivity index (χ0) is 13.0. The molecule has 0 amide bonds. The average molecular weight is 304 g/mol. The molecule has 0 spiro atoms. The smallest absolute Gasteiger partial charge is 0.122 e. The third-order valence-electron chi connectivity index (χ3n) is 2.61. The summed E-state index contributed by atoms with van der Waals surface area (Å²) >= 11 is 3.41. The number of nitrogen functional groups attached to an aromatic ring is 1. The Balaban J connectivity index is 1.97. The van der Waals surface area contributed by atoms with Crippen LogP contribution in [0.5, 0.6) is 0 Å². The quantitative estimate of drug-likeness (QED) is 0.599. The Kier molecular flexibility index (Phi) is 3.99. The first-order chi connectivity index (χ1) is 8.65. The Morgan fingerprint density at radius 3 is 2.22 bits per heavy atom. The first kappa shape index (κ1) is 12.6. The van der Waals surface area contributed by atoms with E-state index in [0.717, 1.165) is 22.3 Å². The summed E-state index contributed by atoms with van der Waals surface area (Å²) in [4.78, 5) is 0. The standard InChI is InChI=1S/C14H14BrN3/c15-12-5-1-10(2-6-12)9-18-13-7-3-11(4-8-13)14(16)17/h1-8,18H,9H2,(H3,16,17). The highest BCUT2D eigenvalue weighted by atomic mass is 79.9. The highest BCUT2D eigenvalue weighted by Gasteiger charge is 1.97. The number of hydrogen-bond acceptors (Lipinski definition) is 2. The third kappa shape index (κ3) is 3.34. The van der Waals surface area contributed by atoms with Gasteiger partial charge in [-0.05, 0) is 42.0 Å². The van der Waals surface area contributed by atoms with E-state index in [-0.39, 0.29) is 5.84 Å². The third-order valence-corrected chi connectivity index (χ3v) is 3.13. The molecule has 0 heterocycles. The van der Waals surface area contributed by atoms with Crippen LogP contribution in [-0.4, -0.2) is 5.84 Å². The topological polar surface area (TPSA) is 61.9 Å². The SMILES string of the molecule is N=C(N)c1ccc(NCc2ccc(Br)cc2)cc1. The van der Waals surface area contributed by atoms with E-state index in [1.165, 1.54) is 5.56 Å². The molecule has 0 aliphatic carbocycles. The zero-order valence-corrected chi connectivity index (χ0v) is 11.4. The highest BCUT2D eigenvalue weighted by Crippen LogP contribution is 2.13. The second-order valence-electron chi connectivity index (χ2n) is 3.97. The van der Waals surface area contributed by atoms with Crippen LogP contribution in [0, 0.1) is 5.41 Å². The zero-order valence-electron chi connectivity index (χ0n) is 9.78. The Hall–Kier alpha value is -1.81. The van der Waals surface area contributed by atoms with Gasteiger partial charge in [-0.3, -0.25) is 5.41 Å². The first-order valence-corrected chi connectivity index (χ1v) is 6.37. The predicted octanol–water partition coefficient (Wildman–Crippen LogP) is 3.35. The van der Waals surface area contributed by atoms with Gasteiger partial charge in [0.05, 0.1) is 0 Å². The van der Waals surface area contributed by atoms with Crippen LogP contribution in [0.25, 0.3) is 0 Å². The maximum absolute atomic E-state index is 7.32. The van der Waals surface area contributed by atoms with Gasteiger partial charge < -0.3 is 11.1 Å². The molecule has 0 saturated carbocycles. The van der Waals surface area contributed by atoms with Gasteiger partial charge in [-0.25, -0.2) is 0 Å². The molecule has 2 rings (SSSR count). The maximum atomic E-state index is 7.32. The molecule has 0 bridgehead atoms. The fraction of sp³-hybridized carbons (Fsp3) is 0.0714. The molecule has 0 aromatic heterocycles. The minimum Gasteiger partial charge on any atom is -0.384 e. The Morgan fingerprint density at radius 2 is 1.67 bits per heavy atom. The molecule has 0 saturated heterocycles. The fourth-order valence-corrected chi connectivity index (χ4v) is 1.84. The summed E-state index contributed by atoms with van der Waals surface area (Å²) in [6.07, 6.45) is 0. The number of nitrogens with two attached hydrogens (primary N) is 1. The summed E-state index contributed by atoms with van der Waals surface area (Å²) < 4.78 is 1.08. The normalized spacial score (nSPS) is 10.1.